The highest BCUT2D eigenvalue weighted by molar-refractivity contribution is 5.35. The maximum Gasteiger partial charge on any atom is 0.124 e. The fourth-order valence-corrected chi connectivity index (χ4v) is 2.32. The number of nitrogens with zero attached hydrogens (tertiary/aromatic N) is 1. The van der Waals surface area contributed by atoms with E-state index >= 15 is 0 Å². The number of aromatic nitrogens is 1. The Morgan fingerprint density at radius 3 is 2.60 bits per heavy atom. The van der Waals surface area contributed by atoms with Gasteiger partial charge in [-0.05, 0) is 38.5 Å². The van der Waals surface area contributed by atoms with Gasteiger partial charge >= 0.3 is 0 Å². The van der Waals surface area contributed by atoms with E-state index in [-0.39, 0.29) is 12.1 Å². The van der Waals surface area contributed by atoms with Crippen LogP contribution in [0.3, 0.4) is 0 Å². The first-order valence-corrected chi connectivity index (χ1v) is 7.10. The first kappa shape index (κ1) is 14.5. The molecular weight excluding hydrogens is 248 g/mol. The van der Waals surface area contributed by atoms with E-state index in [0.717, 1.165) is 5.75 Å². The highest BCUT2D eigenvalue weighted by Crippen LogP contribution is 2.26. The van der Waals surface area contributed by atoms with E-state index < -0.39 is 0 Å². The molecule has 2 unspecified atom stereocenters. The molecule has 1 aromatic heterocycles. The Kier molecular flexibility index (Phi) is 5.13. The molecule has 0 aliphatic rings. The van der Waals surface area contributed by atoms with Gasteiger partial charge in [0.2, 0.25) is 0 Å². The van der Waals surface area contributed by atoms with Crippen molar-refractivity contribution in [2.75, 3.05) is 6.61 Å². The van der Waals surface area contributed by atoms with Crippen molar-refractivity contribution in [3.63, 3.8) is 0 Å². The number of benzene rings is 1. The lowest BCUT2D eigenvalue weighted by Gasteiger charge is -2.22. The Hall–Kier alpha value is -1.87. The second-order valence-corrected chi connectivity index (χ2v) is 4.87. The average molecular weight is 270 g/mol. The molecule has 0 amide bonds. The molecule has 3 nitrogen and oxygen atoms in total. The van der Waals surface area contributed by atoms with Crippen LogP contribution in [0.15, 0.2) is 48.8 Å². The van der Waals surface area contributed by atoms with Crippen LogP contribution >= 0.6 is 0 Å². The topological polar surface area (TPSA) is 34.1 Å². The van der Waals surface area contributed by atoms with Crippen molar-refractivity contribution >= 4 is 0 Å². The Balaban J connectivity index is 2.10. The Morgan fingerprint density at radius 2 is 1.90 bits per heavy atom. The highest BCUT2D eigenvalue weighted by Gasteiger charge is 2.14. The van der Waals surface area contributed by atoms with Gasteiger partial charge in [-0.15, -0.1) is 0 Å². The maximum atomic E-state index is 5.69. The standard InChI is InChI=1S/C17H22N2O/c1-4-20-17-10-6-5-9-16(17)14(3)19-13(2)15-8-7-11-18-12-15/h5-14,19H,4H2,1-3H3. The van der Waals surface area contributed by atoms with E-state index in [0.29, 0.717) is 6.61 Å². The molecule has 0 fully saturated rings. The summed E-state index contributed by atoms with van der Waals surface area (Å²) in [5.74, 6) is 0.952. The molecule has 0 saturated carbocycles. The van der Waals surface area contributed by atoms with Crippen molar-refractivity contribution in [2.24, 2.45) is 0 Å². The monoisotopic (exact) mass is 270 g/mol. The highest BCUT2D eigenvalue weighted by atomic mass is 16.5. The molecule has 3 heteroatoms. The van der Waals surface area contributed by atoms with Crippen LogP contribution in [0.2, 0.25) is 0 Å². The van der Waals surface area contributed by atoms with E-state index in [1.54, 1.807) is 6.20 Å². The number of ether oxygens (including phenoxy) is 1. The number of rotatable bonds is 6. The maximum absolute atomic E-state index is 5.69. The lowest BCUT2D eigenvalue weighted by molar-refractivity contribution is 0.331. The molecule has 2 rings (SSSR count). The summed E-state index contributed by atoms with van der Waals surface area (Å²) in [7, 11) is 0. The molecule has 0 radical (unpaired) electrons. The van der Waals surface area contributed by atoms with E-state index in [2.05, 4.69) is 36.3 Å². The largest absolute Gasteiger partial charge is 0.494 e. The summed E-state index contributed by atoms with van der Waals surface area (Å²) in [6.07, 6.45) is 3.70. The van der Waals surface area contributed by atoms with E-state index in [4.69, 9.17) is 4.74 Å². The van der Waals surface area contributed by atoms with E-state index in [1.165, 1.54) is 11.1 Å². The van der Waals surface area contributed by atoms with Crippen LogP contribution in [-0.2, 0) is 0 Å². The molecule has 1 heterocycles. The van der Waals surface area contributed by atoms with Crippen LogP contribution in [0, 0.1) is 0 Å². The van der Waals surface area contributed by atoms with Crippen LogP contribution < -0.4 is 10.1 Å². The fourth-order valence-electron chi connectivity index (χ4n) is 2.32. The number of hydrogen-bond acceptors (Lipinski definition) is 3. The summed E-state index contributed by atoms with van der Waals surface area (Å²) in [6, 6.07) is 12.7. The second-order valence-electron chi connectivity index (χ2n) is 4.87. The molecule has 0 spiro atoms. The first-order valence-electron chi connectivity index (χ1n) is 7.10. The third-order valence-corrected chi connectivity index (χ3v) is 3.37. The molecule has 0 saturated heterocycles. The number of nitrogens with one attached hydrogen (secondary N) is 1. The molecule has 1 aromatic carbocycles. The normalized spacial score (nSPS) is 13.8. The number of pyridine rings is 1. The van der Waals surface area contributed by atoms with Crippen molar-refractivity contribution < 1.29 is 4.74 Å². The van der Waals surface area contributed by atoms with Gasteiger partial charge in [0, 0.05) is 30.0 Å². The predicted octanol–water partition coefficient (Wildman–Crippen LogP) is 3.89. The molecule has 20 heavy (non-hydrogen) atoms. The van der Waals surface area contributed by atoms with Gasteiger partial charge in [0.25, 0.3) is 0 Å². The summed E-state index contributed by atoms with van der Waals surface area (Å²) >= 11 is 0. The third kappa shape index (κ3) is 3.58. The Labute approximate surface area is 121 Å². The molecule has 2 aromatic rings. The predicted molar refractivity (Wildman–Crippen MR) is 81.8 cm³/mol. The third-order valence-electron chi connectivity index (χ3n) is 3.37. The van der Waals surface area contributed by atoms with Crippen molar-refractivity contribution in [3.8, 4) is 5.75 Å². The zero-order chi connectivity index (χ0) is 14.4. The quantitative estimate of drug-likeness (QED) is 0.864. The van der Waals surface area contributed by atoms with Gasteiger partial charge in [0.1, 0.15) is 5.75 Å². The first-order chi connectivity index (χ1) is 9.72. The summed E-state index contributed by atoms with van der Waals surface area (Å²) in [4.78, 5) is 4.17. The summed E-state index contributed by atoms with van der Waals surface area (Å²) < 4.78 is 5.69. The Morgan fingerprint density at radius 1 is 1.10 bits per heavy atom. The molecule has 0 aliphatic heterocycles. The zero-order valence-electron chi connectivity index (χ0n) is 12.3. The average Bonchev–Trinajstić information content (AvgIpc) is 2.49. The van der Waals surface area contributed by atoms with Crippen LogP contribution in [0.5, 0.6) is 5.75 Å². The lowest BCUT2D eigenvalue weighted by atomic mass is 10.0. The minimum absolute atomic E-state index is 0.216. The van der Waals surface area contributed by atoms with Crippen molar-refractivity contribution in [3.05, 3.63) is 59.9 Å². The molecule has 106 valence electrons. The van der Waals surface area contributed by atoms with Crippen LogP contribution in [0.4, 0.5) is 0 Å². The van der Waals surface area contributed by atoms with Gasteiger partial charge < -0.3 is 10.1 Å². The minimum Gasteiger partial charge on any atom is -0.494 e. The van der Waals surface area contributed by atoms with Crippen LogP contribution in [0.25, 0.3) is 0 Å². The molecule has 0 aliphatic carbocycles. The second kappa shape index (κ2) is 7.06. The van der Waals surface area contributed by atoms with Gasteiger partial charge in [-0.2, -0.15) is 0 Å². The minimum atomic E-state index is 0.216. The smallest absolute Gasteiger partial charge is 0.124 e. The van der Waals surface area contributed by atoms with Crippen molar-refractivity contribution in [1.29, 1.82) is 0 Å². The summed E-state index contributed by atoms with van der Waals surface area (Å²) in [6.45, 7) is 7.00. The van der Waals surface area contributed by atoms with Crippen molar-refractivity contribution in [2.45, 2.75) is 32.9 Å². The summed E-state index contributed by atoms with van der Waals surface area (Å²) in [5, 5.41) is 3.59. The van der Waals surface area contributed by atoms with Crippen LogP contribution in [0.1, 0.15) is 44.0 Å². The molecule has 2 atom stereocenters. The number of hydrogen-bond donors (Lipinski definition) is 1. The van der Waals surface area contributed by atoms with Gasteiger partial charge in [-0.25, -0.2) is 0 Å². The zero-order valence-corrected chi connectivity index (χ0v) is 12.3. The van der Waals surface area contributed by atoms with E-state index in [1.807, 2.05) is 37.4 Å². The fraction of sp³-hybridized carbons (Fsp3) is 0.353. The summed E-state index contributed by atoms with van der Waals surface area (Å²) in [5.41, 5.74) is 2.37. The number of para-hydroxylation sites is 1. The van der Waals surface area contributed by atoms with Gasteiger partial charge in [0.15, 0.2) is 0 Å². The molecular formula is C17H22N2O. The van der Waals surface area contributed by atoms with Gasteiger partial charge in [0.05, 0.1) is 6.61 Å². The lowest BCUT2D eigenvalue weighted by Crippen LogP contribution is -2.23. The van der Waals surface area contributed by atoms with Crippen LogP contribution in [-0.4, -0.2) is 11.6 Å². The molecule has 1 N–H and O–H groups in total. The SMILES string of the molecule is CCOc1ccccc1C(C)NC(C)c1cccnc1. The Bertz CT molecular complexity index is 528. The van der Waals surface area contributed by atoms with E-state index in [9.17, 15) is 0 Å². The molecule has 0 bridgehead atoms. The van der Waals surface area contributed by atoms with Gasteiger partial charge in [-0.3, -0.25) is 4.98 Å². The van der Waals surface area contributed by atoms with Crippen molar-refractivity contribution in [1.82, 2.24) is 10.3 Å². The van der Waals surface area contributed by atoms with Gasteiger partial charge in [-0.1, -0.05) is 24.3 Å².